The van der Waals surface area contributed by atoms with Gasteiger partial charge in [-0.2, -0.15) is 0 Å². The summed E-state index contributed by atoms with van der Waals surface area (Å²) in [7, 11) is 1.42. The van der Waals surface area contributed by atoms with Crippen LogP contribution in [0.4, 0.5) is 4.39 Å². The number of carbonyl (C=O) groups is 2. The van der Waals surface area contributed by atoms with Gasteiger partial charge in [-0.15, -0.1) is 11.8 Å². The molecule has 0 bridgehead atoms. The first-order chi connectivity index (χ1) is 8.71. The monoisotopic (exact) mass is 285 g/mol. The molecule has 0 aliphatic carbocycles. The third kappa shape index (κ3) is 3.07. The van der Waals surface area contributed by atoms with Gasteiger partial charge in [0, 0.05) is 17.5 Å². The smallest absolute Gasteiger partial charge is 0.329 e. The van der Waals surface area contributed by atoms with E-state index >= 15 is 0 Å². The highest BCUT2D eigenvalue weighted by atomic mass is 32.2. The minimum atomic E-state index is -1.33. The van der Waals surface area contributed by atoms with Crippen molar-refractivity contribution >= 4 is 23.6 Å². The fourth-order valence-electron chi connectivity index (χ4n) is 1.38. The van der Waals surface area contributed by atoms with Crippen molar-refractivity contribution in [2.75, 3.05) is 13.3 Å². The summed E-state index contributed by atoms with van der Waals surface area (Å²) in [6.07, 6.45) is 1.71. The Hall–Kier alpha value is -1.56. The highest BCUT2D eigenvalue weighted by Crippen LogP contribution is 2.23. The van der Waals surface area contributed by atoms with Crippen LogP contribution in [0.5, 0.6) is 0 Å². The molecular formula is C13H16FNO3S. The number of carboxylic acid groups (broad SMARTS) is 1. The van der Waals surface area contributed by atoms with Crippen LogP contribution >= 0.6 is 11.8 Å². The number of amides is 1. The Morgan fingerprint density at radius 1 is 1.37 bits per heavy atom. The molecule has 0 aliphatic rings. The predicted octanol–water partition coefficient (Wildman–Crippen LogP) is 2.48. The van der Waals surface area contributed by atoms with E-state index in [-0.39, 0.29) is 5.56 Å². The van der Waals surface area contributed by atoms with Gasteiger partial charge in [-0.25, -0.2) is 9.18 Å². The average Bonchev–Trinajstić information content (AvgIpc) is 2.37. The van der Waals surface area contributed by atoms with Gasteiger partial charge in [0.05, 0.1) is 0 Å². The van der Waals surface area contributed by atoms with E-state index < -0.39 is 23.2 Å². The third-order valence-corrected chi connectivity index (χ3v) is 3.82. The lowest BCUT2D eigenvalue weighted by atomic mass is 10.0. The van der Waals surface area contributed by atoms with Gasteiger partial charge in [-0.1, -0.05) is 0 Å². The van der Waals surface area contributed by atoms with Gasteiger partial charge in [-0.05, 0) is 38.3 Å². The summed E-state index contributed by atoms with van der Waals surface area (Å²) in [6.45, 7) is 2.87. The van der Waals surface area contributed by atoms with Gasteiger partial charge in [-0.3, -0.25) is 4.79 Å². The molecule has 19 heavy (non-hydrogen) atoms. The number of hydrogen-bond acceptors (Lipinski definition) is 3. The Bertz CT molecular complexity index is 517. The van der Waals surface area contributed by atoms with Crippen molar-refractivity contribution < 1.29 is 19.1 Å². The van der Waals surface area contributed by atoms with Crippen LogP contribution in [0.2, 0.25) is 0 Å². The Kier molecular flexibility index (Phi) is 4.57. The number of halogens is 1. The maximum atomic E-state index is 13.4. The van der Waals surface area contributed by atoms with E-state index in [2.05, 4.69) is 0 Å². The van der Waals surface area contributed by atoms with E-state index in [0.29, 0.717) is 4.90 Å². The minimum Gasteiger partial charge on any atom is -0.480 e. The van der Waals surface area contributed by atoms with Crippen LogP contribution in [-0.4, -0.2) is 40.7 Å². The van der Waals surface area contributed by atoms with Crippen LogP contribution in [0.15, 0.2) is 23.1 Å². The fourth-order valence-corrected chi connectivity index (χ4v) is 1.89. The summed E-state index contributed by atoms with van der Waals surface area (Å²) in [6, 6.07) is 3.99. The summed E-state index contributed by atoms with van der Waals surface area (Å²) in [4.78, 5) is 24.8. The zero-order valence-electron chi connectivity index (χ0n) is 11.2. The van der Waals surface area contributed by atoms with Gasteiger partial charge < -0.3 is 10.0 Å². The molecule has 1 aromatic carbocycles. The molecule has 0 atom stereocenters. The SMILES string of the molecule is CSc1cc(C(=O)N(C)C(C)(C)C(=O)O)ccc1F. The van der Waals surface area contributed by atoms with Crippen molar-refractivity contribution in [2.24, 2.45) is 0 Å². The second-order valence-corrected chi connectivity index (χ2v) is 5.43. The molecular weight excluding hydrogens is 269 g/mol. The lowest BCUT2D eigenvalue weighted by molar-refractivity contribution is -0.147. The zero-order chi connectivity index (χ0) is 14.8. The molecule has 0 heterocycles. The Balaban J connectivity index is 3.10. The number of carbonyl (C=O) groups excluding carboxylic acids is 1. The second kappa shape index (κ2) is 5.61. The van der Waals surface area contributed by atoms with Crippen molar-refractivity contribution in [3.05, 3.63) is 29.6 Å². The first kappa shape index (κ1) is 15.5. The first-order valence-electron chi connectivity index (χ1n) is 5.57. The molecule has 0 aromatic heterocycles. The summed E-state index contributed by atoms with van der Waals surface area (Å²) in [5.41, 5.74) is -1.06. The molecule has 104 valence electrons. The maximum absolute atomic E-state index is 13.4. The van der Waals surface area contributed by atoms with Crippen molar-refractivity contribution in [1.82, 2.24) is 4.90 Å². The van der Waals surface area contributed by atoms with Crippen LogP contribution < -0.4 is 0 Å². The Morgan fingerprint density at radius 2 is 1.95 bits per heavy atom. The second-order valence-electron chi connectivity index (χ2n) is 4.58. The number of thioether (sulfide) groups is 1. The molecule has 1 rings (SSSR count). The summed E-state index contributed by atoms with van der Waals surface area (Å²) < 4.78 is 13.4. The van der Waals surface area contributed by atoms with Crippen LogP contribution in [-0.2, 0) is 4.79 Å². The standard InChI is InChI=1S/C13H16FNO3S/c1-13(2,12(17)18)15(3)11(16)8-5-6-9(14)10(7-8)19-4/h5-7H,1-4H3,(H,17,18). The highest BCUT2D eigenvalue weighted by Gasteiger charge is 2.35. The molecule has 0 aliphatic heterocycles. The number of hydrogen-bond donors (Lipinski definition) is 1. The molecule has 1 N–H and O–H groups in total. The molecule has 0 unspecified atom stereocenters. The first-order valence-corrected chi connectivity index (χ1v) is 6.79. The normalized spacial score (nSPS) is 11.2. The number of carboxylic acids is 1. The summed E-state index contributed by atoms with van der Waals surface area (Å²) in [5.74, 6) is -1.96. The number of aliphatic carboxylic acids is 1. The Morgan fingerprint density at radius 3 is 2.42 bits per heavy atom. The quantitative estimate of drug-likeness (QED) is 0.863. The third-order valence-electron chi connectivity index (χ3n) is 3.06. The maximum Gasteiger partial charge on any atom is 0.329 e. The minimum absolute atomic E-state index is 0.266. The van der Waals surface area contributed by atoms with E-state index in [1.807, 2.05) is 0 Å². The van der Waals surface area contributed by atoms with Gasteiger partial charge in [0.2, 0.25) is 0 Å². The van der Waals surface area contributed by atoms with Crippen LogP contribution in [0.3, 0.4) is 0 Å². The van der Waals surface area contributed by atoms with Crippen molar-refractivity contribution in [3.8, 4) is 0 Å². The number of benzene rings is 1. The average molecular weight is 285 g/mol. The largest absolute Gasteiger partial charge is 0.480 e. The number of likely N-dealkylation sites (N-methyl/N-ethyl adjacent to an activating group) is 1. The topological polar surface area (TPSA) is 57.6 Å². The van der Waals surface area contributed by atoms with Gasteiger partial charge in [0.25, 0.3) is 5.91 Å². The van der Waals surface area contributed by atoms with Gasteiger partial charge in [0.1, 0.15) is 11.4 Å². The van der Waals surface area contributed by atoms with E-state index in [4.69, 9.17) is 5.11 Å². The number of rotatable bonds is 4. The molecule has 0 saturated heterocycles. The Labute approximate surface area is 115 Å². The zero-order valence-corrected chi connectivity index (χ0v) is 12.0. The molecule has 1 aromatic rings. The van der Waals surface area contributed by atoms with Crippen molar-refractivity contribution in [2.45, 2.75) is 24.3 Å². The van der Waals surface area contributed by atoms with E-state index in [9.17, 15) is 14.0 Å². The van der Waals surface area contributed by atoms with Crippen molar-refractivity contribution in [1.29, 1.82) is 0 Å². The van der Waals surface area contributed by atoms with Gasteiger partial charge in [0.15, 0.2) is 0 Å². The highest BCUT2D eigenvalue weighted by molar-refractivity contribution is 7.98. The molecule has 1 amide bonds. The molecule has 6 heteroatoms. The fraction of sp³-hybridized carbons (Fsp3) is 0.385. The van der Waals surface area contributed by atoms with Crippen LogP contribution in [0.1, 0.15) is 24.2 Å². The molecule has 4 nitrogen and oxygen atoms in total. The lowest BCUT2D eigenvalue weighted by Gasteiger charge is -2.31. The van der Waals surface area contributed by atoms with Crippen molar-refractivity contribution in [3.63, 3.8) is 0 Å². The molecule has 0 radical (unpaired) electrons. The summed E-state index contributed by atoms with van der Waals surface area (Å²) in [5, 5.41) is 9.09. The lowest BCUT2D eigenvalue weighted by Crippen LogP contribution is -2.50. The van der Waals surface area contributed by atoms with E-state index in [1.165, 1.54) is 50.9 Å². The number of nitrogens with zero attached hydrogens (tertiary/aromatic N) is 1. The molecule has 0 saturated carbocycles. The summed E-state index contributed by atoms with van der Waals surface area (Å²) >= 11 is 1.19. The van der Waals surface area contributed by atoms with E-state index in [1.54, 1.807) is 6.26 Å². The molecule has 0 fully saturated rings. The van der Waals surface area contributed by atoms with Gasteiger partial charge >= 0.3 is 5.97 Å². The van der Waals surface area contributed by atoms with Crippen LogP contribution in [0, 0.1) is 5.82 Å². The predicted molar refractivity (Wildman–Crippen MR) is 72.0 cm³/mol. The van der Waals surface area contributed by atoms with Crippen LogP contribution in [0.25, 0.3) is 0 Å². The molecule has 0 spiro atoms. The van der Waals surface area contributed by atoms with E-state index in [0.717, 1.165) is 4.90 Å².